The number of nitrogens with one attached hydrogen (secondary N) is 1. The Kier molecular flexibility index (Phi) is 7.53. The number of hydrogen-bond acceptors (Lipinski definition) is 11. The highest BCUT2D eigenvalue weighted by atomic mass is 35.5. The Hall–Kier alpha value is -4.31. The third-order valence-corrected chi connectivity index (χ3v) is 8.68. The summed E-state index contributed by atoms with van der Waals surface area (Å²) in [7, 11) is 0. The number of hydrogen-bond donors (Lipinski definition) is 2. The van der Waals surface area contributed by atoms with Crippen LogP contribution in [0, 0.1) is 20.2 Å². The molecule has 1 fully saturated rings. The number of rotatable bonds is 7. The number of fused-ring (bicyclic) bond motifs is 1. The van der Waals surface area contributed by atoms with E-state index in [0.29, 0.717) is 25.0 Å². The largest absolute Gasteiger partial charge is 0.478 e. The number of benzene rings is 3. The van der Waals surface area contributed by atoms with Crippen molar-refractivity contribution in [1.29, 1.82) is 0 Å². The normalized spacial score (nSPS) is 15.1. The number of thiazole rings is 1. The van der Waals surface area contributed by atoms with Crippen LogP contribution in [0.5, 0.6) is 0 Å². The number of halogens is 1. The van der Waals surface area contributed by atoms with Gasteiger partial charge in [0.25, 0.3) is 17.3 Å². The molecular weight excluding hydrogens is 602 g/mol. The third-order valence-electron chi connectivity index (χ3n) is 5.30. The van der Waals surface area contributed by atoms with Gasteiger partial charge in [-0.3, -0.25) is 25.0 Å². The van der Waals surface area contributed by atoms with E-state index >= 15 is 0 Å². The summed E-state index contributed by atoms with van der Waals surface area (Å²) in [4.78, 5) is 54.8. The summed E-state index contributed by atoms with van der Waals surface area (Å²) >= 11 is 9.12. The highest BCUT2D eigenvalue weighted by Crippen LogP contribution is 2.40. The zero-order valence-electron chi connectivity index (χ0n) is 19.6. The number of nitro groups is 2. The zero-order chi connectivity index (χ0) is 28.6. The maximum Gasteiger partial charge on any atom is 0.337 e. The average molecular weight is 614 g/mol. The van der Waals surface area contributed by atoms with Crippen LogP contribution in [0.2, 0.25) is 5.02 Å². The molecule has 16 heteroatoms. The van der Waals surface area contributed by atoms with Crippen molar-refractivity contribution in [3.05, 3.63) is 95.9 Å². The van der Waals surface area contributed by atoms with Crippen LogP contribution in [-0.4, -0.2) is 37.0 Å². The second-order valence-electron chi connectivity index (χ2n) is 7.93. The van der Waals surface area contributed by atoms with Crippen LogP contribution < -0.4 is 5.32 Å². The van der Waals surface area contributed by atoms with Crippen molar-refractivity contribution in [3.8, 4) is 0 Å². The van der Waals surface area contributed by atoms with Gasteiger partial charge in [-0.15, -0.1) is 11.3 Å². The molecule has 1 saturated heterocycles. The molecule has 200 valence electrons. The fourth-order valence-corrected chi connectivity index (χ4v) is 6.67. The lowest BCUT2D eigenvalue weighted by atomic mass is 10.2. The van der Waals surface area contributed by atoms with E-state index < -0.39 is 21.7 Å². The molecule has 0 spiro atoms. The number of thioether (sulfide) groups is 1. The molecule has 1 aliphatic heterocycles. The van der Waals surface area contributed by atoms with Gasteiger partial charge in [0.1, 0.15) is 0 Å². The van der Waals surface area contributed by atoms with Crippen molar-refractivity contribution in [1.82, 2.24) is 10.3 Å². The molecular formula is C24H12ClN5O7S3. The number of carboxylic acids is 1. The molecule has 40 heavy (non-hydrogen) atoms. The highest BCUT2D eigenvalue weighted by Gasteiger charge is 2.25. The predicted octanol–water partition coefficient (Wildman–Crippen LogP) is 6.51. The van der Waals surface area contributed by atoms with E-state index in [2.05, 4.69) is 15.3 Å². The van der Waals surface area contributed by atoms with E-state index in [9.17, 15) is 34.9 Å². The molecule has 1 amide bonds. The number of amidine groups is 1. The van der Waals surface area contributed by atoms with Crippen molar-refractivity contribution in [2.24, 2.45) is 4.99 Å². The van der Waals surface area contributed by atoms with Crippen molar-refractivity contribution in [2.75, 3.05) is 0 Å². The molecule has 0 bridgehead atoms. The summed E-state index contributed by atoms with van der Waals surface area (Å²) in [5.41, 5.74) is 0.801. The molecule has 0 atom stereocenters. The molecule has 3 aromatic carbocycles. The second kappa shape index (κ2) is 11.1. The van der Waals surface area contributed by atoms with Crippen LogP contribution in [0.4, 0.5) is 17.1 Å². The van der Waals surface area contributed by atoms with Crippen LogP contribution >= 0.6 is 46.5 Å². The number of nitro benzene ring substituents is 2. The van der Waals surface area contributed by atoms with E-state index in [0.717, 1.165) is 23.5 Å². The fourth-order valence-electron chi connectivity index (χ4n) is 3.49. The quantitative estimate of drug-likeness (QED) is 0.133. The topological polar surface area (TPSA) is 178 Å². The summed E-state index contributed by atoms with van der Waals surface area (Å²) in [6, 6.07) is 12.9. The molecule has 0 saturated carbocycles. The Morgan fingerprint density at radius 3 is 2.62 bits per heavy atom. The molecule has 4 aromatic rings. The molecule has 1 aromatic heterocycles. The first-order chi connectivity index (χ1) is 19.1. The molecule has 0 radical (unpaired) electrons. The van der Waals surface area contributed by atoms with Gasteiger partial charge in [-0.1, -0.05) is 29.4 Å². The van der Waals surface area contributed by atoms with Gasteiger partial charge in [0.2, 0.25) is 0 Å². The maximum atomic E-state index is 12.5. The number of nitrogens with zero attached hydrogens (tertiary/aromatic N) is 4. The second-order valence-corrected chi connectivity index (χ2v) is 11.7. The van der Waals surface area contributed by atoms with E-state index in [1.54, 1.807) is 6.07 Å². The SMILES string of the molecule is O=C1NC(=Nc2ccc(Cl)c(C(=O)O)c2)S/C1=C\c1ccc(Sc2nc3ccc([N+](=O)[O-])cc3s2)c([N+](=O)[O-])c1. The molecule has 2 heterocycles. The number of amides is 1. The Balaban J connectivity index is 1.39. The smallest absolute Gasteiger partial charge is 0.337 e. The number of carboxylic acid groups (broad SMARTS) is 1. The van der Waals surface area contributed by atoms with E-state index in [1.807, 2.05) is 0 Å². The van der Waals surface area contributed by atoms with Crippen molar-refractivity contribution in [2.45, 2.75) is 9.24 Å². The Bertz CT molecular complexity index is 1820. The number of carbonyl (C=O) groups excluding carboxylic acids is 1. The fraction of sp³-hybridized carbons (Fsp3) is 0. The van der Waals surface area contributed by atoms with Crippen molar-refractivity contribution >= 4 is 96.9 Å². The monoisotopic (exact) mass is 613 g/mol. The summed E-state index contributed by atoms with van der Waals surface area (Å²) in [5.74, 6) is -1.69. The maximum absolute atomic E-state index is 12.5. The van der Waals surface area contributed by atoms with E-state index in [4.69, 9.17) is 11.6 Å². The lowest BCUT2D eigenvalue weighted by molar-refractivity contribution is -0.387. The first kappa shape index (κ1) is 27.3. The highest BCUT2D eigenvalue weighted by molar-refractivity contribution is 8.18. The minimum atomic E-state index is -1.22. The first-order valence-electron chi connectivity index (χ1n) is 10.9. The first-order valence-corrected chi connectivity index (χ1v) is 13.7. The number of aromatic carboxylic acids is 1. The molecule has 1 aliphatic rings. The minimum Gasteiger partial charge on any atom is -0.478 e. The average Bonchev–Trinajstić information content (AvgIpc) is 3.46. The van der Waals surface area contributed by atoms with E-state index in [-0.39, 0.29) is 37.7 Å². The van der Waals surface area contributed by atoms with Crippen LogP contribution in [0.25, 0.3) is 16.3 Å². The Labute approximate surface area is 241 Å². The summed E-state index contributed by atoms with van der Waals surface area (Å²) < 4.78 is 1.06. The molecule has 0 unspecified atom stereocenters. The van der Waals surface area contributed by atoms with Crippen LogP contribution in [0.15, 0.2) is 73.7 Å². The number of carbonyl (C=O) groups is 2. The summed E-state index contributed by atoms with van der Waals surface area (Å²) in [6.45, 7) is 0. The van der Waals surface area contributed by atoms with Crippen LogP contribution in [0.1, 0.15) is 15.9 Å². The van der Waals surface area contributed by atoms with Gasteiger partial charge in [-0.05, 0) is 53.7 Å². The van der Waals surface area contributed by atoms with Crippen molar-refractivity contribution < 1.29 is 24.5 Å². The van der Waals surface area contributed by atoms with Crippen LogP contribution in [0.3, 0.4) is 0 Å². The van der Waals surface area contributed by atoms with Gasteiger partial charge >= 0.3 is 5.97 Å². The van der Waals surface area contributed by atoms with Gasteiger partial charge in [0, 0.05) is 18.2 Å². The van der Waals surface area contributed by atoms with Crippen molar-refractivity contribution in [3.63, 3.8) is 0 Å². The molecule has 0 aliphatic carbocycles. The minimum absolute atomic E-state index is 0.0514. The standard InChI is InChI=1S/C24H12ClN5O7S3/c25-15-4-2-12(9-14(15)22(32)33)26-23-28-21(31)20(38-23)8-11-1-6-18(17(7-11)30(36)37)39-24-27-16-5-3-13(29(34)35)10-19(16)40-24/h1-10H,(H,32,33)(H,26,28,31)/b20-8-. The number of non-ortho nitro benzene ring substituents is 1. The van der Waals surface area contributed by atoms with Gasteiger partial charge in [-0.2, -0.15) is 0 Å². The van der Waals surface area contributed by atoms with Gasteiger partial charge < -0.3 is 10.4 Å². The molecule has 5 rings (SSSR count). The summed E-state index contributed by atoms with van der Waals surface area (Å²) in [5, 5.41) is 34.9. The van der Waals surface area contributed by atoms with Gasteiger partial charge in [-0.25, -0.2) is 14.8 Å². The van der Waals surface area contributed by atoms with Gasteiger partial charge in [0.15, 0.2) is 9.51 Å². The zero-order valence-corrected chi connectivity index (χ0v) is 22.8. The summed E-state index contributed by atoms with van der Waals surface area (Å²) in [6.07, 6.45) is 1.48. The lowest BCUT2D eigenvalue weighted by Gasteiger charge is -2.02. The number of aromatic nitrogens is 1. The van der Waals surface area contributed by atoms with Gasteiger partial charge in [0.05, 0.1) is 46.1 Å². The Morgan fingerprint density at radius 1 is 1.10 bits per heavy atom. The van der Waals surface area contributed by atoms with E-state index in [1.165, 1.54) is 65.9 Å². The predicted molar refractivity (Wildman–Crippen MR) is 153 cm³/mol. The van der Waals surface area contributed by atoms with Crippen LogP contribution in [-0.2, 0) is 4.79 Å². The Morgan fingerprint density at radius 2 is 1.90 bits per heavy atom. The third kappa shape index (κ3) is 5.81. The lowest BCUT2D eigenvalue weighted by Crippen LogP contribution is -2.19. The number of aliphatic imine (C=N–C) groups is 1. The molecule has 2 N–H and O–H groups in total. The molecule has 12 nitrogen and oxygen atoms in total.